The number of amides is 1. The first-order chi connectivity index (χ1) is 11.6. The standard InChI is InChI=1S/C16H17F2N3O2S/c17-12-4-3-10(6-13(12)18)14-9-24-16(19-14)20-15(23)7-21-5-1-2-11(21)8-22/h3-4,6,9,11,22H,1-2,5,7-8H2,(H,19,20,23)/t11-/m1/s1. The number of hydrogen-bond acceptors (Lipinski definition) is 5. The first-order valence-corrected chi connectivity index (χ1v) is 8.50. The third-order valence-electron chi connectivity index (χ3n) is 4.02. The molecule has 0 spiro atoms. The molecule has 24 heavy (non-hydrogen) atoms. The van der Waals surface area contributed by atoms with Gasteiger partial charge in [-0.1, -0.05) is 0 Å². The molecule has 0 saturated carbocycles. The van der Waals surface area contributed by atoms with Crippen LogP contribution in [0, 0.1) is 11.6 Å². The molecule has 2 heterocycles. The first-order valence-electron chi connectivity index (χ1n) is 7.62. The van der Waals surface area contributed by atoms with Crippen LogP contribution < -0.4 is 5.32 Å². The topological polar surface area (TPSA) is 65.5 Å². The van der Waals surface area contributed by atoms with Crippen molar-refractivity contribution in [3.05, 3.63) is 35.2 Å². The maximum Gasteiger partial charge on any atom is 0.240 e. The van der Waals surface area contributed by atoms with Crippen LogP contribution in [0.4, 0.5) is 13.9 Å². The van der Waals surface area contributed by atoms with Crippen molar-refractivity contribution in [3.63, 3.8) is 0 Å². The van der Waals surface area contributed by atoms with Gasteiger partial charge in [0.25, 0.3) is 0 Å². The number of benzene rings is 1. The number of aromatic nitrogens is 1. The van der Waals surface area contributed by atoms with E-state index in [0.29, 0.717) is 16.4 Å². The smallest absolute Gasteiger partial charge is 0.240 e. The fourth-order valence-electron chi connectivity index (χ4n) is 2.77. The van der Waals surface area contributed by atoms with Gasteiger partial charge in [-0.15, -0.1) is 11.3 Å². The Labute approximate surface area is 141 Å². The number of carbonyl (C=O) groups excluding carboxylic acids is 1. The number of aliphatic hydroxyl groups is 1. The molecule has 1 saturated heterocycles. The zero-order valence-corrected chi connectivity index (χ0v) is 13.7. The van der Waals surface area contributed by atoms with Gasteiger partial charge in [0, 0.05) is 17.0 Å². The Morgan fingerprint density at radius 1 is 1.42 bits per heavy atom. The maximum atomic E-state index is 13.3. The van der Waals surface area contributed by atoms with E-state index in [4.69, 9.17) is 0 Å². The van der Waals surface area contributed by atoms with Gasteiger partial charge in [-0.3, -0.25) is 9.69 Å². The Morgan fingerprint density at radius 3 is 3.00 bits per heavy atom. The second-order valence-electron chi connectivity index (χ2n) is 5.66. The Kier molecular flexibility index (Phi) is 5.17. The maximum absolute atomic E-state index is 13.3. The second-order valence-corrected chi connectivity index (χ2v) is 6.52. The summed E-state index contributed by atoms with van der Waals surface area (Å²) in [4.78, 5) is 18.3. The molecular weight excluding hydrogens is 336 g/mol. The highest BCUT2D eigenvalue weighted by atomic mass is 32.1. The minimum atomic E-state index is -0.935. The minimum Gasteiger partial charge on any atom is -0.395 e. The van der Waals surface area contributed by atoms with Gasteiger partial charge in [-0.05, 0) is 37.6 Å². The highest BCUT2D eigenvalue weighted by Gasteiger charge is 2.25. The lowest BCUT2D eigenvalue weighted by Gasteiger charge is -2.21. The van der Waals surface area contributed by atoms with Crippen molar-refractivity contribution >= 4 is 22.4 Å². The second kappa shape index (κ2) is 7.33. The van der Waals surface area contributed by atoms with Gasteiger partial charge in [0.1, 0.15) is 0 Å². The van der Waals surface area contributed by atoms with E-state index in [1.54, 1.807) is 5.38 Å². The number of likely N-dealkylation sites (tertiary alicyclic amines) is 1. The van der Waals surface area contributed by atoms with Crippen LogP contribution in [0.15, 0.2) is 23.6 Å². The molecule has 0 unspecified atom stereocenters. The van der Waals surface area contributed by atoms with Crippen molar-refractivity contribution < 1.29 is 18.7 Å². The molecule has 3 rings (SSSR count). The summed E-state index contributed by atoms with van der Waals surface area (Å²) >= 11 is 1.22. The number of carbonyl (C=O) groups is 1. The number of halogens is 2. The van der Waals surface area contributed by atoms with Gasteiger partial charge >= 0.3 is 0 Å². The SMILES string of the molecule is O=C(CN1CCC[C@@H]1CO)Nc1nc(-c2ccc(F)c(F)c2)cs1. The molecular formula is C16H17F2N3O2S. The lowest BCUT2D eigenvalue weighted by atomic mass is 10.2. The molecule has 128 valence electrons. The number of hydrogen-bond donors (Lipinski definition) is 2. The number of nitrogens with zero attached hydrogens (tertiary/aromatic N) is 2. The summed E-state index contributed by atoms with van der Waals surface area (Å²) in [5.41, 5.74) is 0.925. The van der Waals surface area contributed by atoms with Crippen molar-refractivity contribution in [2.75, 3.05) is 25.0 Å². The third kappa shape index (κ3) is 3.77. The van der Waals surface area contributed by atoms with E-state index in [9.17, 15) is 18.7 Å². The molecule has 1 atom stereocenters. The molecule has 1 aliphatic heterocycles. The number of thiazole rings is 1. The van der Waals surface area contributed by atoms with E-state index in [1.807, 2.05) is 4.90 Å². The zero-order valence-electron chi connectivity index (χ0n) is 12.8. The predicted octanol–water partition coefficient (Wildman–Crippen LogP) is 2.48. The highest BCUT2D eigenvalue weighted by Crippen LogP contribution is 2.26. The van der Waals surface area contributed by atoms with Crippen LogP contribution in [0.3, 0.4) is 0 Å². The van der Waals surface area contributed by atoms with E-state index in [1.165, 1.54) is 17.4 Å². The molecule has 1 aromatic heterocycles. The van der Waals surface area contributed by atoms with Crippen molar-refractivity contribution in [1.82, 2.24) is 9.88 Å². The molecule has 1 aliphatic rings. The van der Waals surface area contributed by atoms with Crippen LogP contribution in [-0.4, -0.2) is 46.6 Å². The Bertz CT molecular complexity index is 738. The number of rotatable bonds is 5. The largest absolute Gasteiger partial charge is 0.395 e. The summed E-state index contributed by atoms with van der Waals surface area (Å²) in [6, 6.07) is 3.59. The summed E-state index contributed by atoms with van der Waals surface area (Å²) in [5.74, 6) is -2.05. The van der Waals surface area contributed by atoms with Gasteiger partial charge in [0.05, 0.1) is 18.8 Å². The normalized spacial score (nSPS) is 18.0. The Balaban J connectivity index is 1.63. The van der Waals surface area contributed by atoms with E-state index >= 15 is 0 Å². The quantitative estimate of drug-likeness (QED) is 0.867. The molecule has 1 amide bonds. The number of aliphatic hydroxyl groups excluding tert-OH is 1. The average molecular weight is 353 g/mol. The average Bonchev–Trinajstić information content (AvgIpc) is 3.19. The van der Waals surface area contributed by atoms with Crippen molar-refractivity contribution in [2.45, 2.75) is 18.9 Å². The van der Waals surface area contributed by atoms with Crippen LogP contribution in [0.25, 0.3) is 11.3 Å². The molecule has 2 N–H and O–H groups in total. The van der Waals surface area contributed by atoms with Crippen molar-refractivity contribution in [3.8, 4) is 11.3 Å². The van der Waals surface area contributed by atoms with Crippen molar-refractivity contribution in [2.24, 2.45) is 0 Å². The molecule has 1 fully saturated rings. The summed E-state index contributed by atoms with van der Waals surface area (Å²) in [6.45, 7) is 1.03. The molecule has 0 aliphatic carbocycles. The lowest BCUT2D eigenvalue weighted by molar-refractivity contribution is -0.117. The molecule has 1 aromatic carbocycles. The fourth-order valence-corrected chi connectivity index (χ4v) is 3.51. The highest BCUT2D eigenvalue weighted by molar-refractivity contribution is 7.14. The zero-order chi connectivity index (χ0) is 17.1. The van der Waals surface area contributed by atoms with E-state index in [-0.39, 0.29) is 25.1 Å². The van der Waals surface area contributed by atoms with Crippen LogP contribution >= 0.6 is 11.3 Å². The van der Waals surface area contributed by atoms with Gasteiger partial charge in [-0.25, -0.2) is 13.8 Å². The van der Waals surface area contributed by atoms with Crippen LogP contribution in [0.2, 0.25) is 0 Å². The molecule has 8 heteroatoms. The number of nitrogens with one attached hydrogen (secondary N) is 1. The minimum absolute atomic E-state index is 0.0322. The monoisotopic (exact) mass is 353 g/mol. The Morgan fingerprint density at radius 2 is 2.25 bits per heavy atom. The van der Waals surface area contributed by atoms with E-state index < -0.39 is 11.6 Å². The fraction of sp³-hybridized carbons (Fsp3) is 0.375. The van der Waals surface area contributed by atoms with Crippen LogP contribution in [0.1, 0.15) is 12.8 Å². The van der Waals surface area contributed by atoms with Gasteiger partial charge in [0.2, 0.25) is 5.91 Å². The summed E-state index contributed by atoms with van der Waals surface area (Å²) in [5, 5.41) is 14.1. The number of anilines is 1. The van der Waals surface area contributed by atoms with Crippen LogP contribution in [0.5, 0.6) is 0 Å². The predicted molar refractivity (Wildman–Crippen MR) is 87.8 cm³/mol. The summed E-state index contributed by atoms with van der Waals surface area (Å²) < 4.78 is 26.3. The van der Waals surface area contributed by atoms with E-state index in [2.05, 4.69) is 10.3 Å². The summed E-state index contributed by atoms with van der Waals surface area (Å²) in [7, 11) is 0. The Hall–Kier alpha value is -1.90. The van der Waals surface area contributed by atoms with Gasteiger partial charge < -0.3 is 10.4 Å². The molecule has 0 bridgehead atoms. The van der Waals surface area contributed by atoms with Crippen molar-refractivity contribution in [1.29, 1.82) is 0 Å². The van der Waals surface area contributed by atoms with E-state index in [0.717, 1.165) is 31.5 Å². The lowest BCUT2D eigenvalue weighted by Crippen LogP contribution is -2.38. The van der Waals surface area contributed by atoms with Gasteiger partial charge in [0.15, 0.2) is 16.8 Å². The molecule has 2 aromatic rings. The summed E-state index contributed by atoms with van der Waals surface area (Å²) in [6.07, 6.45) is 1.86. The van der Waals surface area contributed by atoms with Gasteiger partial charge in [-0.2, -0.15) is 0 Å². The third-order valence-corrected chi connectivity index (χ3v) is 4.78. The molecule has 0 radical (unpaired) electrons. The first kappa shape index (κ1) is 16.9. The molecule has 5 nitrogen and oxygen atoms in total. The van der Waals surface area contributed by atoms with Crippen LogP contribution in [-0.2, 0) is 4.79 Å².